The van der Waals surface area contributed by atoms with Gasteiger partial charge in [0.05, 0.1) is 24.9 Å². The van der Waals surface area contributed by atoms with Crippen molar-refractivity contribution in [3.8, 4) is 5.75 Å². The molecule has 1 heterocycles. The molecular formula is C22H20N2O4S. The normalized spacial score (nSPS) is 10.7. The quantitative estimate of drug-likeness (QED) is 0.449. The summed E-state index contributed by atoms with van der Waals surface area (Å²) < 4.78 is 10.4. The highest BCUT2D eigenvalue weighted by Gasteiger charge is 2.11. The summed E-state index contributed by atoms with van der Waals surface area (Å²) in [5.74, 6) is -0.0494. The molecule has 0 aliphatic carbocycles. The van der Waals surface area contributed by atoms with Gasteiger partial charge in [0.25, 0.3) is 0 Å². The molecule has 0 spiro atoms. The number of carbonyl (C=O) groups excluding carboxylic acids is 2. The molecule has 0 atom stereocenters. The molecule has 3 aromatic rings. The van der Waals surface area contributed by atoms with Gasteiger partial charge in [-0.15, -0.1) is 11.3 Å². The highest BCUT2D eigenvalue weighted by molar-refractivity contribution is 7.09. The highest BCUT2D eigenvalue weighted by atomic mass is 32.1. The van der Waals surface area contributed by atoms with Gasteiger partial charge in [-0.05, 0) is 23.8 Å². The number of rotatable bonds is 8. The fourth-order valence-electron chi connectivity index (χ4n) is 2.50. The topological polar surface area (TPSA) is 77.5 Å². The van der Waals surface area contributed by atoms with Gasteiger partial charge in [0.1, 0.15) is 17.4 Å². The Bertz CT molecular complexity index is 999. The van der Waals surface area contributed by atoms with E-state index in [1.54, 1.807) is 30.7 Å². The Balaban J connectivity index is 1.48. The molecule has 3 rings (SSSR count). The van der Waals surface area contributed by atoms with E-state index in [9.17, 15) is 9.59 Å². The van der Waals surface area contributed by atoms with Gasteiger partial charge in [-0.1, -0.05) is 42.5 Å². The Kier molecular flexibility index (Phi) is 7.13. The lowest BCUT2D eigenvalue weighted by Crippen LogP contribution is -2.15. The van der Waals surface area contributed by atoms with Crippen LogP contribution in [0.2, 0.25) is 0 Å². The van der Waals surface area contributed by atoms with Crippen LogP contribution in [0.15, 0.2) is 66.1 Å². The summed E-state index contributed by atoms with van der Waals surface area (Å²) in [4.78, 5) is 28.4. The molecule has 1 aromatic heterocycles. The van der Waals surface area contributed by atoms with Crippen LogP contribution in [-0.4, -0.2) is 24.0 Å². The van der Waals surface area contributed by atoms with E-state index < -0.39 is 5.97 Å². The SMILES string of the molecule is COc1ccccc1NC(=O)Cc1nc(COC(=O)/C=C/c2ccccc2)cs1. The predicted molar refractivity (Wildman–Crippen MR) is 113 cm³/mol. The van der Waals surface area contributed by atoms with Crippen molar-refractivity contribution in [3.05, 3.63) is 82.3 Å². The summed E-state index contributed by atoms with van der Waals surface area (Å²) >= 11 is 1.35. The molecule has 0 bridgehead atoms. The lowest BCUT2D eigenvalue weighted by molar-refractivity contribution is -0.139. The number of amides is 1. The van der Waals surface area contributed by atoms with Crippen molar-refractivity contribution in [3.63, 3.8) is 0 Å². The number of anilines is 1. The number of aromatic nitrogens is 1. The van der Waals surface area contributed by atoms with Crippen molar-refractivity contribution in [2.45, 2.75) is 13.0 Å². The monoisotopic (exact) mass is 408 g/mol. The third kappa shape index (κ3) is 6.29. The zero-order chi connectivity index (χ0) is 20.5. The van der Waals surface area contributed by atoms with Crippen molar-refractivity contribution in [2.24, 2.45) is 0 Å². The maximum Gasteiger partial charge on any atom is 0.331 e. The molecule has 7 heteroatoms. The maximum absolute atomic E-state index is 12.3. The molecule has 0 saturated carbocycles. The first-order valence-electron chi connectivity index (χ1n) is 8.90. The van der Waals surface area contributed by atoms with Crippen molar-refractivity contribution in [1.82, 2.24) is 4.98 Å². The van der Waals surface area contributed by atoms with Gasteiger partial charge < -0.3 is 14.8 Å². The first-order valence-corrected chi connectivity index (χ1v) is 9.78. The fraction of sp³-hybridized carbons (Fsp3) is 0.136. The van der Waals surface area contributed by atoms with Crippen LogP contribution in [0, 0.1) is 0 Å². The average Bonchev–Trinajstić information content (AvgIpc) is 3.19. The molecule has 0 saturated heterocycles. The van der Waals surface area contributed by atoms with E-state index in [0.717, 1.165) is 5.56 Å². The van der Waals surface area contributed by atoms with E-state index in [1.165, 1.54) is 17.4 Å². The summed E-state index contributed by atoms with van der Waals surface area (Å²) in [7, 11) is 1.55. The molecule has 1 N–H and O–H groups in total. The third-order valence-electron chi connectivity index (χ3n) is 3.87. The predicted octanol–water partition coefficient (Wildman–Crippen LogP) is 4.09. The summed E-state index contributed by atoms with van der Waals surface area (Å²) in [5, 5.41) is 5.23. The van der Waals surface area contributed by atoms with E-state index in [1.807, 2.05) is 42.5 Å². The maximum atomic E-state index is 12.3. The number of carbonyl (C=O) groups is 2. The highest BCUT2D eigenvalue weighted by Crippen LogP contribution is 2.23. The minimum Gasteiger partial charge on any atom is -0.495 e. The van der Waals surface area contributed by atoms with Crippen molar-refractivity contribution in [2.75, 3.05) is 12.4 Å². The van der Waals surface area contributed by atoms with Crippen LogP contribution in [0.5, 0.6) is 5.75 Å². The average molecular weight is 408 g/mol. The largest absolute Gasteiger partial charge is 0.495 e. The van der Waals surface area contributed by atoms with Gasteiger partial charge in [-0.25, -0.2) is 9.78 Å². The minimum absolute atomic E-state index is 0.0581. The van der Waals surface area contributed by atoms with E-state index in [-0.39, 0.29) is 18.9 Å². The molecule has 0 unspecified atom stereocenters. The van der Waals surface area contributed by atoms with Crippen molar-refractivity contribution < 1.29 is 19.1 Å². The lowest BCUT2D eigenvalue weighted by Gasteiger charge is -2.08. The second-order valence-electron chi connectivity index (χ2n) is 6.01. The van der Waals surface area contributed by atoms with Crippen LogP contribution in [-0.2, 0) is 27.4 Å². The van der Waals surface area contributed by atoms with Crippen LogP contribution in [0.4, 0.5) is 5.69 Å². The van der Waals surface area contributed by atoms with Crippen molar-refractivity contribution >= 4 is 35.0 Å². The Morgan fingerprint density at radius 2 is 1.86 bits per heavy atom. The van der Waals surface area contributed by atoms with Crippen LogP contribution < -0.4 is 10.1 Å². The third-order valence-corrected chi connectivity index (χ3v) is 4.76. The first kappa shape index (κ1) is 20.3. The number of hydrogen-bond acceptors (Lipinski definition) is 6. The minimum atomic E-state index is -0.447. The number of esters is 1. The summed E-state index contributed by atoms with van der Waals surface area (Å²) in [6.07, 6.45) is 3.20. The van der Waals surface area contributed by atoms with E-state index in [2.05, 4.69) is 10.3 Å². The van der Waals surface area contributed by atoms with Gasteiger partial charge in [0, 0.05) is 11.5 Å². The van der Waals surface area contributed by atoms with Crippen molar-refractivity contribution in [1.29, 1.82) is 0 Å². The molecule has 2 aromatic carbocycles. The van der Waals surface area contributed by atoms with E-state index in [4.69, 9.17) is 9.47 Å². The summed E-state index contributed by atoms with van der Waals surface area (Å²) in [6.45, 7) is 0.0581. The number of benzene rings is 2. The molecule has 0 fully saturated rings. The second-order valence-corrected chi connectivity index (χ2v) is 6.95. The molecule has 29 heavy (non-hydrogen) atoms. The number of hydrogen-bond donors (Lipinski definition) is 1. The van der Waals surface area contributed by atoms with Gasteiger partial charge >= 0.3 is 5.97 Å². The number of ether oxygens (including phenoxy) is 2. The number of nitrogens with zero attached hydrogens (tertiary/aromatic N) is 1. The number of methoxy groups -OCH3 is 1. The zero-order valence-electron chi connectivity index (χ0n) is 15.8. The smallest absolute Gasteiger partial charge is 0.331 e. The molecule has 0 aliphatic rings. The lowest BCUT2D eigenvalue weighted by atomic mass is 10.2. The van der Waals surface area contributed by atoms with Crippen LogP contribution in [0.1, 0.15) is 16.3 Å². The number of thiazole rings is 1. The molecule has 1 amide bonds. The van der Waals surface area contributed by atoms with Gasteiger partial charge in [-0.3, -0.25) is 4.79 Å². The van der Waals surface area contributed by atoms with Crippen LogP contribution in [0.3, 0.4) is 0 Å². The van der Waals surface area contributed by atoms with Gasteiger partial charge in [0.15, 0.2) is 0 Å². The Morgan fingerprint density at radius 3 is 2.66 bits per heavy atom. The molecule has 0 aliphatic heterocycles. The Hall–Kier alpha value is -3.45. The Labute approximate surface area is 172 Å². The standard InChI is InChI=1S/C22H20N2O4S/c1-27-19-10-6-5-9-18(19)24-20(25)13-21-23-17(15-29-21)14-28-22(26)12-11-16-7-3-2-4-8-16/h2-12,15H,13-14H2,1H3,(H,24,25)/b12-11+. The molecular weight excluding hydrogens is 388 g/mol. The number of nitrogens with one attached hydrogen (secondary N) is 1. The van der Waals surface area contributed by atoms with Crippen LogP contribution >= 0.6 is 11.3 Å². The summed E-state index contributed by atoms with van der Waals surface area (Å²) in [6, 6.07) is 16.7. The van der Waals surface area contributed by atoms with Gasteiger partial charge in [0.2, 0.25) is 5.91 Å². The molecule has 6 nitrogen and oxygen atoms in total. The zero-order valence-corrected chi connectivity index (χ0v) is 16.6. The second kappa shape index (κ2) is 10.2. The Morgan fingerprint density at radius 1 is 1.10 bits per heavy atom. The van der Waals surface area contributed by atoms with Crippen LogP contribution in [0.25, 0.3) is 6.08 Å². The van der Waals surface area contributed by atoms with Gasteiger partial charge in [-0.2, -0.15) is 0 Å². The van der Waals surface area contributed by atoms with E-state index in [0.29, 0.717) is 22.1 Å². The fourth-order valence-corrected chi connectivity index (χ4v) is 3.27. The first-order chi connectivity index (χ1) is 14.1. The van der Waals surface area contributed by atoms with E-state index >= 15 is 0 Å². The summed E-state index contributed by atoms with van der Waals surface area (Å²) in [5.41, 5.74) is 2.13. The number of para-hydroxylation sites is 2. The molecule has 148 valence electrons. The molecule has 0 radical (unpaired) electrons.